The third kappa shape index (κ3) is 17.2. The van der Waals surface area contributed by atoms with Gasteiger partial charge in [-0.15, -0.1) is 11.6 Å². The number of carbonyl (C=O) groups excluding carboxylic acids is 1. The highest BCUT2D eigenvalue weighted by Gasteiger charge is 2.39. The van der Waals surface area contributed by atoms with Gasteiger partial charge >= 0.3 is 5.97 Å². The maximum Gasteiger partial charge on any atom is 0.305 e. The van der Waals surface area contributed by atoms with E-state index in [9.17, 15) is 4.79 Å². The largest absolute Gasteiger partial charge is 0.463 e. The van der Waals surface area contributed by atoms with Gasteiger partial charge in [-0.1, -0.05) is 91.2 Å². The molecule has 0 fully saturated rings. The Morgan fingerprint density at radius 2 is 1.38 bits per heavy atom. The first-order valence-corrected chi connectivity index (χ1v) is 16.6. The number of unbranched alkanes of at least 4 members (excludes halogenated alkanes) is 11. The second-order valence-electron chi connectivity index (χ2n) is 10.7. The topological polar surface area (TPSA) is 35.5 Å². The average Bonchev–Trinajstić information content (AvgIpc) is 2.73. The number of allylic oxidation sites excluding steroid dienone is 2. The number of hydrogen-bond acceptors (Lipinski definition) is 3. The summed E-state index contributed by atoms with van der Waals surface area (Å²) in [6, 6.07) is 0. The zero-order chi connectivity index (χ0) is 24.3. The van der Waals surface area contributed by atoms with Crippen molar-refractivity contribution in [3.05, 3.63) is 12.2 Å². The molecular formula is C27H53ClO3Si. The lowest BCUT2D eigenvalue weighted by atomic mass is 10.1. The molecule has 5 heteroatoms. The zero-order valence-electron chi connectivity index (χ0n) is 22.1. The van der Waals surface area contributed by atoms with Crippen molar-refractivity contribution in [3.8, 4) is 0 Å². The number of carbonyl (C=O) groups is 1. The molecule has 0 heterocycles. The summed E-state index contributed by atoms with van der Waals surface area (Å²) >= 11 is 6.05. The third-order valence-corrected chi connectivity index (χ3v) is 11.4. The van der Waals surface area contributed by atoms with Crippen molar-refractivity contribution in [2.24, 2.45) is 0 Å². The Kier molecular flexibility index (Phi) is 18.8. The highest BCUT2D eigenvalue weighted by Crippen LogP contribution is 2.37. The lowest BCUT2D eigenvalue weighted by Crippen LogP contribution is -2.45. The van der Waals surface area contributed by atoms with Gasteiger partial charge in [0.1, 0.15) is 6.61 Å². The Morgan fingerprint density at radius 1 is 0.875 bits per heavy atom. The summed E-state index contributed by atoms with van der Waals surface area (Å²) < 4.78 is 11.7. The van der Waals surface area contributed by atoms with E-state index in [1.807, 2.05) is 0 Å². The first-order valence-electron chi connectivity index (χ1n) is 13.2. The molecule has 0 saturated carbocycles. The Labute approximate surface area is 206 Å². The van der Waals surface area contributed by atoms with Gasteiger partial charge in [0.2, 0.25) is 0 Å². The fourth-order valence-corrected chi connectivity index (χ4v) is 4.90. The minimum absolute atomic E-state index is 0.116. The van der Waals surface area contributed by atoms with Gasteiger partial charge in [-0.2, -0.15) is 0 Å². The van der Waals surface area contributed by atoms with E-state index < -0.39 is 8.32 Å². The Balaban J connectivity index is 3.66. The Bertz CT molecular complexity index is 486. The zero-order valence-corrected chi connectivity index (χ0v) is 23.9. The lowest BCUT2D eigenvalue weighted by molar-refractivity contribution is -0.146. The van der Waals surface area contributed by atoms with Crippen molar-refractivity contribution in [2.45, 2.75) is 142 Å². The molecule has 1 atom stereocenters. The van der Waals surface area contributed by atoms with Crippen LogP contribution in [0.2, 0.25) is 18.1 Å². The number of halogens is 1. The monoisotopic (exact) mass is 488 g/mol. The van der Waals surface area contributed by atoms with Crippen LogP contribution in [0.1, 0.15) is 118 Å². The van der Waals surface area contributed by atoms with E-state index in [0.717, 1.165) is 12.8 Å². The minimum atomic E-state index is -1.91. The predicted molar refractivity (Wildman–Crippen MR) is 143 cm³/mol. The van der Waals surface area contributed by atoms with Crippen LogP contribution in [0, 0.1) is 0 Å². The SMILES string of the molecule is CCCCCCCC/C=C\CCCCCCCC(=O)OCC(CCl)O[Si](C)(C)C(C)(C)C. The highest BCUT2D eigenvalue weighted by atomic mass is 35.5. The maximum absolute atomic E-state index is 12.0. The number of rotatable bonds is 20. The summed E-state index contributed by atoms with van der Waals surface area (Å²) in [7, 11) is -1.91. The number of ether oxygens (including phenoxy) is 1. The third-order valence-electron chi connectivity index (χ3n) is 6.51. The second-order valence-corrected chi connectivity index (χ2v) is 15.7. The van der Waals surface area contributed by atoms with Crippen molar-refractivity contribution in [1.82, 2.24) is 0 Å². The molecule has 190 valence electrons. The van der Waals surface area contributed by atoms with Gasteiger partial charge in [0.25, 0.3) is 0 Å². The summed E-state index contributed by atoms with van der Waals surface area (Å²) in [6.45, 7) is 13.5. The van der Waals surface area contributed by atoms with Crippen molar-refractivity contribution >= 4 is 25.9 Å². The van der Waals surface area contributed by atoms with Gasteiger partial charge in [-0.25, -0.2) is 0 Å². The average molecular weight is 489 g/mol. The number of alkyl halides is 1. The molecule has 0 rings (SSSR count). The van der Waals surface area contributed by atoms with Crippen molar-refractivity contribution < 1.29 is 14.0 Å². The van der Waals surface area contributed by atoms with Gasteiger partial charge in [0.05, 0.1) is 12.0 Å². The number of hydrogen-bond donors (Lipinski definition) is 0. The van der Waals surface area contributed by atoms with E-state index in [1.54, 1.807) is 0 Å². The second kappa shape index (κ2) is 19.0. The highest BCUT2D eigenvalue weighted by molar-refractivity contribution is 6.74. The summed E-state index contributed by atoms with van der Waals surface area (Å²) in [4.78, 5) is 12.0. The van der Waals surface area contributed by atoms with Crippen molar-refractivity contribution in [2.75, 3.05) is 12.5 Å². The summed E-state index contributed by atoms with van der Waals surface area (Å²) in [5.74, 6) is 0.226. The maximum atomic E-state index is 12.0. The van der Waals surface area contributed by atoms with Crippen LogP contribution in [-0.4, -0.2) is 32.9 Å². The van der Waals surface area contributed by atoms with Gasteiger partial charge in [0, 0.05) is 6.42 Å². The van der Waals surface area contributed by atoms with Crippen LogP contribution in [-0.2, 0) is 14.0 Å². The molecule has 0 radical (unpaired) electrons. The van der Waals surface area contributed by atoms with Gasteiger partial charge in [0.15, 0.2) is 8.32 Å². The molecule has 0 spiro atoms. The van der Waals surface area contributed by atoms with Crippen LogP contribution >= 0.6 is 11.6 Å². The normalized spacial score (nSPS) is 13.6. The van der Waals surface area contributed by atoms with Crippen molar-refractivity contribution in [3.63, 3.8) is 0 Å². The molecule has 0 aromatic rings. The standard InChI is InChI=1S/C27H53ClO3Si/c1-7-8-9-10-11-12-13-14-15-16-17-18-19-20-21-22-26(29)30-24-25(23-28)31-32(5,6)27(2,3)4/h14-15,25H,7-13,16-24H2,1-6H3/b15-14-. The van der Waals surface area contributed by atoms with Crippen LogP contribution in [0.4, 0.5) is 0 Å². The quantitative estimate of drug-likeness (QED) is 0.0562. The molecule has 32 heavy (non-hydrogen) atoms. The van der Waals surface area contributed by atoms with Crippen molar-refractivity contribution in [1.29, 1.82) is 0 Å². The summed E-state index contributed by atoms with van der Waals surface area (Å²) in [5.41, 5.74) is 0. The van der Waals surface area contributed by atoms with Gasteiger partial charge in [-0.05, 0) is 50.2 Å². The molecule has 0 aromatic carbocycles. The molecule has 0 aliphatic heterocycles. The Morgan fingerprint density at radius 3 is 1.88 bits per heavy atom. The van der Waals surface area contributed by atoms with E-state index in [2.05, 4.69) is 52.9 Å². The molecular weight excluding hydrogens is 436 g/mol. The van der Waals surface area contributed by atoms with Crippen LogP contribution in [0.15, 0.2) is 12.2 Å². The van der Waals surface area contributed by atoms with E-state index in [-0.39, 0.29) is 23.7 Å². The molecule has 0 saturated heterocycles. The van der Waals surface area contributed by atoms with Gasteiger partial charge in [-0.3, -0.25) is 4.79 Å². The first-order chi connectivity index (χ1) is 15.1. The van der Waals surface area contributed by atoms with E-state index in [1.165, 1.54) is 70.6 Å². The summed E-state index contributed by atoms with van der Waals surface area (Å²) in [6.07, 6.45) is 21.3. The molecule has 0 aliphatic carbocycles. The molecule has 0 N–H and O–H groups in total. The van der Waals surface area contributed by atoms with Crippen LogP contribution in [0.5, 0.6) is 0 Å². The predicted octanol–water partition coefficient (Wildman–Crippen LogP) is 9.20. The molecule has 3 nitrogen and oxygen atoms in total. The van der Waals surface area contributed by atoms with E-state index in [0.29, 0.717) is 12.3 Å². The first kappa shape index (κ1) is 31.7. The fraction of sp³-hybridized carbons (Fsp3) is 0.889. The summed E-state index contributed by atoms with van der Waals surface area (Å²) in [5, 5.41) is 0.116. The molecule has 0 aliphatic rings. The van der Waals surface area contributed by atoms with E-state index >= 15 is 0 Å². The number of esters is 1. The molecule has 0 amide bonds. The fourth-order valence-electron chi connectivity index (χ4n) is 3.30. The van der Waals surface area contributed by atoms with Crippen LogP contribution in [0.3, 0.4) is 0 Å². The van der Waals surface area contributed by atoms with E-state index in [4.69, 9.17) is 20.8 Å². The van der Waals surface area contributed by atoms with Crippen LogP contribution < -0.4 is 0 Å². The molecule has 0 aromatic heterocycles. The Hall–Kier alpha value is -0.323. The van der Waals surface area contributed by atoms with Gasteiger partial charge < -0.3 is 9.16 Å². The lowest BCUT2D eigenvalue weighted by Gasteiger charge is -2.38. The molecule has 0 bridgehead atoms. The minimum Gasteiger partial charge on any atom is -0.463 e. The van der Waals surface area contributed by atoms with Crippen LogP contribution in [0.25, 0.3) is 0 Å². The smallest absolute Gasteiger partial charge is 0.305 e. The molecule has 1 unspecified atom stereocenters.